The topological polar surface area (TPSA) is 71.1 Å². The fourth-order valence-corrected chi connectivity index (χ4v) is 3.12. The lowest BCUT2D eigenvalue weighted by molar-refractivity contribution is -0.116. The number of alkyl halides is 3. The maximum Gasteiger partial charge on any atom is 0.321 e. The molecule has 8 heteroatoms. The molecular formula is C20H20F2IN3O2. The second kappa shape index (κ2) is 8.50. The zero-order valence-electron chi connectivity index (χ0n) is 15.3. The molecule has 28 heavy (non-hydrogen) atoms. The van der Waals surface area contributed by atoms with Crippen molar-refractivity contribution in [2.45, 2.75) is 36.7 Å². The summed E-state index contributed by atoms with van der Waals surface area (Å²) in [6, 6.07) is 9.05. The van der Waals surface area contributed by atoms with E-state index in [9.17, 15) is 18.4 Å². The van der Waals surface area contributed by atoms with Gasteiger partial charge in [0.05, 0.1) is 0 Å². The van der Waals surface area contributed by atoms with Gasteiger partial charge in [0.15, 0.2) is 0 Å². The van der Waals surface area contributed by atoms with E-state index in [-0.39, 0.29) is 23.9 Å². The van der Waals surface area contributed by atoms with Gasteiger partial charge in [0.25, 0.3) is 5.91 Å². The number of anilines is 1. The Kier molecular flexibility index (Phi) is 6.26. The second-order valence-electron chi connectivity index (χ2n) is 6.96. The molecule has 2 N–H and O–H groups in total. The second-order valence-corrected chi connectivity index (χ2v) is 8.31. The van der Waals surface area contributed by atoms with Crippen LogP contribution >= 0.6 is 22.6 Å². The van der Waals surface area contributed by atoms with Gasteiger partial charge in [-0.3, -0.25) is 9.59 Å². The van der Waals surface area contributed by atoms with Crippen LogP contribution in [0.4, 0.5) is 14.6 Å². The van der Waals surface area contributed by atoms with Gasteiger partial charge in [-0.2, -0.15) is 8.78 Å². The molecule has 0 saturated heterocycles. The number of hydrogen-bond acceptors (Lipinski definition) is 3. The molecule has 3 rings (SSSR count). The van der Waals surface area contributed by atoms with E-state index >= 15 is 0 Å². The van der Waals surface area contributed by atoms with E-state index in [4.69, 9.17) is 0 Å². The highest BCUT2D eigenvalue weighted by Gasteiger charge is 2.27. The molecule has 0 unspecified atom stereocenters. The van der Waals surface area contributed by atoms with Gasteiger partial charge in [-0.1, -0.05) is 18.2 Å². The summed E-state index contributed by atoms with van der Waals surface area (Å²) < 4.78 is 23.9. The predicted molar refractivity (Wildman–Crippen MR) is 110 cm³/mol. The molecule has 1 aromatic carbocycles. The molecular weight excluding hydrogens is 479 g/mol. The molecule has 1 aliphatic rings. The van der Waals surface area contributed by atoms with Crippen molar-refractivity contribution in [1.82, 2.24) is 10.3 Å². The van der Waals surface area contributed by atoms with Crippen molar-refractivity contribution < 1.29 is 18.4 Å². The van der Waals surface area contributed by atoms with Crippen LogP contribution in [0.3, 0.4) is 0 Å². The Hall–Kier alpha value is -2.10. The number of aryl methyl sites for hydroxylation is 1. The van der Waals surface area contributed by atoms with Gasteiger partial charge in [0.1, 0.15) is 5.82 Å². The van der Waals surface area contributed by atoms with Gasteiger partial charge in [-0.15, -0.1) is 0 Å². The first kappa shape index (κ1) is 20.6. The average molecular weight is 499 g/mol. The number of aromatic nitrogens is 1. The average Bonchev–Trinajstić information content (AvgIpc) is 3.42. The summed E-state index contributed by atoms with van der Waals surface area (Å²) in [5.74, 6) is 0.318. The maximum absolute atomic E-state index is 13.4. The molecule has 0 radical (unpaired) electrons. The predicted octanol–water partition coefficient (Wildman–Crippen LogP) is 4.54. The Bertz CT molecular complexity index is 895. The van der Waals surface area contributed by atoms with Crippen molar-refractivity contribution in [3.63, 3.8) is 0 Å². The fraction of sp³-hybridized carbons (Fsp3) is 0.350. The zero-order chi connectivity index (χ0) is 20.3. The summed E-state index contributed by atoms with van der Waals surface area (Å²) in [6.45, 7) is 1.85. The summed E-state index contributed by atoms with van der Waals surface area (Å²) in [4.78, 5) is 28.7. The number of benzene rings is 1. The van der Waals surface area contributed by atoms with E-state index in [0.717, 1.165) is 35.4 Å². The third kappa shape index (κ3) is 5.95. The Morgan fingerprint density at radius 2 is 2.00 bits per heavy atom. The van der Waals surface area contributed by atoms with Crippen molar-refractivity contribution >= 4 is 40.2 Å². The van der Waals surface area contributed by atoms with Gasteiger partial charge >= 0.3 is 3.93 Å². The van der Waals surface area contributed by atoms with Crippen molar-refractivity contribution in [2.24, 2.45) is 5.92 Å². The van der Waals surface area contributed by atoms with E-state index < -0.39 is 3.93 Å². The number of amides is 2. The van der Waals surface area contributed by atoms with E-state index in [1.54, 1.807) is 19.1 Å². The van der Waals surface area contributed by atoms with Crippen LogP contribution in [0, 0.1) is 12.8 Å². The fourth-order valence-electron chi connectivity index (χ4n) is 2.78. The highest BCUT2D eigenvalue weighted by atomic mass is 127. The number of pyridine rings is 1. The summed E-state index contributed by atoms with van der Waals surface area (Å²) in [7, 11) is 0. The Morgan fingerprint density at radius 3 is 2.68 bits per heavy atom. The number of rotatable bonds is 7. The molecule has 1 heterocycles. The molecule has 2 amide bonds. The minimum Gasteiger partial charge on any atom is -0.348 e. The SMILES string of the molecule is Cc1cc(C(=O)NCc2cccc(C(F)(F)I)c2)cc(NC(=O)CC2CC2)n1. The van der Waals surface area contributed by atoms with Crippen LogP contribution in [0.25, 0.3) is 0 Å². The smallest absolute Gasteiger partial charge is 0.321 e. The number of carbonyl (C=O) groups is 2. The third-order valence-corrected chi connectivity index (χ3v) is 4.98. The molecule has 1 aromatic heterocycles. The first-order valence-electron chi connectivity index (χ1n) is 8.93. The zero-order valence-corrected chi connectivity index (χ0v) is 17.4. The van der Waals surface area contributed by atoms with E-state index in [0.29, 0.717) is 35.0 Å². The summed E-state index contributed by atoms with van der Waals surface area (Å²) >= 11 is 1.08. The highest BCUT2D eigenvalue weighted by molar-refractivity contribution is 14.1. The van der Waals surface area contributed by atoms with Crippen LogP contribution in [0.2, 0.25) is 0 Å². The molecule has 0 bridgehead atoms. The Balaban J connectivity index is 1.64. The van der Waals surface area contributed by atoms with E-state index in [1.165, 1.54) is 24.3 Å². The van der Waals surface area contributed by atoms with Gasteiger partial charge in [0.2, 0.25) is 5.91 Å². The van der Waals surface area contributed by atoms with Crippen molar-refractivity contribution in [3.05, 3.63) is 58.8 Å². The lowest BCUT2D eigenvalue weighted by Crippen LogP contribution is -2.23. The van der Waals surface area contributed by atoms with Crippen molar-refractivity contribution in [2.75, 3.05) is 5.32 Å². The molecule has 0 spiro atoms. The van der Waals surface area contributed by atoms with Crippen LogP contribution in [-0.4, -0.2) is 16.8 Å². The lowest BCUT2D eigenvalue weighted by atomic mass is 10.1. The first-order valence-corrected chi connectivity index (χ1v) is 10.0. The minimum absolute atomic E-state index is 0.108. The van der Waals surface area contributed by atoms with Crippen LogP contribution in [0.15, 0.2) is 36.4 Å². The van der Waals surface area contributed by atoms with E-state index in [2.05, 4.69) is 15.6 Å². The largest absolute Gasteiger partial charge is 0.348 e. The molecule has 0 atom stereocenters. The van der Waals surface area contributed by atoms with Crippen molar-refractivity contribution in [1.29, 1.82) is 0 Å². The molecule has 148 valence electrons. The summed E-state index contributed by atoms with van der Waals surface area (Å²) in [5, 5.41) is 5.45. The minimum atomic E-state index is -2.96. The molecule has 5 nitrogen and oxygen atoms in total. The van der Waals surface area contributed by atoms with Crippen molar-refractivity contribution in [3.8, 4) is 0 Å². The van der Waals surface area contributed by atoms with Crippen LogP contribution in [0.1, 0.15) is 46.4 Å². The molecule has 0 aliphatic heterocycles. The maximum atomic E-state index is 13.4. The quantitative estimate of drug-likeness (QED) is 0.434. The monoisotopic (exact) mass is 499 g/mol. The van der Waals surface area contributed by atoms with E-state index in [1.807, 2.05) is 0 Å². The normalized spacial score (nSPS) is 13.9. The standard InChI is InChI=1S/C20H20F2IN3O2/c1-12-7-15(10-17(25-12)26-18(27)9-13-5-6-13)19(28)24-11-14-3-2-4-16(8-14)20(21,22)23/h2-4,7-8,10,13H,5-6,9,11H2,1H3,(H,24,28)(H,25,26,27). The van der Waals surface area contributed by atoms with Gasteiger partial charge in [0, 0.05) is 52.4 Å². The van der Waals surface area contributed by atoms with Crippen LogP contribution < -0.4 is 10.6 Å². The Morgan fingerprint density at radius 1 is 1.25 bits per heavy atom. The number of halogens is 3. The number of carbonyl (C=O) groups excluding carboxylic acids is 2. The summed E-state index contributed by atoms with van der Waals surface area (Å²) in [5.41, 5.74) is 1.41. The van der Waals surface area contributed by atoms with Gasteiger partial charge < -0.3 is 10.6 Å². The first-order chi connectivity index (χ1) is 13.2. The molecule has 1 saturated carbocycles. The number of hydrogen-bond donors (Lipinski definition) is 2. The molecule has 2 aromatic rings. The highest BCUT2D eigenvalue weighted by Crippen LogP contribution is 2.35. The summed E-state index contributed by atoms with van der Waals surface area (Å²) in [6.07, 6.45) is 2.62. The van der Waals surface area contributed by atoms with Crippen LogP contribution in [-0.2, 0) is 15.3 Å². The number of nitrogens with zero attached hydrogens (tertiary/aromatic N) is 1. The van der Waals surface area contributed by atoms with Gasteiger partial charge in [-0.25, -0.2) is 4.98 Å². The van der Waals surface area contributed by atoms with Crippen LogP contribution in [0.5, 0.6) is 0 Å². The number of nitrogens with one attached hydrogen (secondary N) is 2. The molecule has 1 aliphatic carbocycles. The third-order valence-electron chi connectivity index (χ3n) is 4.36. The Labute approximate surface area is 175 Å². The molecule has 1 fully saturated rings. The lowest BCUT2D eigenvalue weighted by Gasteiger charge is -2.12. The van der Waals surface area contributed by atoms with Gasteiger partial charge in [-0.05, 0) is 49.4 Å².